The van der Waals surface area contributed by atoms with E-state index in [2.05, 4.69) is 25.9 Å². The lowest BCUT2D eigenvalue weighted by molar-refractivity contribution is 0.0953. The van der Waals surface area contributed by atoms with Crippen LogP contribution in [0.25, 0.3) is 22.4 Å². The topological polar surface area (TPSA) is 88.2 Å². The van der Waals surface area contributed by atoms with Gasteiger partial charge in [0.1, 0.15) is 12.4 Å². The van der Waals surface area contributed by atoms with E-state index in [1.165, 1.54) is 24.4 Å². The molecular weight excluding hydrogens is 433 g/mol. The number of anilines is 1. The fourth-order valence-corrected chi connectivity index (χ4v) is 3.62. The number of amides is 1. The van der Waals surface area contributed by atoms with Crippen molar-refractivity contribution >= 4 is 23.3 Å². The summed E-state index contributed by atoms with van der Waals surface area (Å²) in [5.41, 5.74) is 2.43. The molecule has 0 atom stereocenters. The summed E-state index contributed by atoms with van der Waals surface area (Å²) in [6.45, 7) is 2.41. The third kappa shape index (κ3) is 4.81. The molecule has 0 saturated carbocycles. The third-order valence-electron chi connectivity index (χ3n) is 5.02. The van der Waals surface area contributed by atoms with Gasteiger partial charge in [-0.15, -0.1) is 0 Å². The van der Waals surface area contributed by atoms with Crippen molar-refractivity contribution in [3.63, 3.8) is 0 Å². The van der Waals surface area contributed by atoms with Gasteiger partial charge in [-0.05, 0) is 50.3 Å². The molecule has 0 bridgehead atoms. The van der Waals surface area contributed by atoms with E-state index in [9.17, 15) is 9.18 Å². The summed E-state index contributed by atoms with van der Waals surface area (Å²) in [6, 6.07) is 7.80. The van der Waals surface area contributed by atoms with Gasteiger partial charge < -0.3 is 20.7 Å². The van der Waals surface area contributed by atoms with Gasteiger partial charge in [0.2, 0.25) is 0 Å². The predicted molar refractivity (Wildman–Crippen MR) is 123 cm³/mol. The van der Waals surface area contributed by atoms with Crippen LogP contribution in [0.2, 0.25) is 5.02 Å². The van der Waals surface area contributed by atoms with Crippen LogP contribution in [0.5, 0.6) is 5.75 Å². The van der Waals surface area contributed by atoms with Crippen LogP contribution in [0.4, 0.5) is 10.2 Å². The number of pyridine rings is 2. The number of carbonyl (C=O) groups is 1. The zero-order chi connectivity index (χ0) is 22.5. The van der Waals surface area contributed by atoms with Gasteiger partial charge in [0.25, 0.3) is 5.91 Å². The monoisotopic (exact) mass is 455 g/mol. The summed E-state index contributed by atoms with van der Waals surface area (Å²) in [5, 5.41) is 9.53. The highest BCUT2D eigenvalue weighted by atomic mass is 35.5. The summed E-state index contributed by atoms with van der Waals surface area (Å²) in [6.07, 6.45) is 3.98. The Morgan fingerprint density at radius 2 is 2.09 bits per heavy atom. The molecule has 4 rings (SSSR count). The van der Waals surface area contributed by atoms with Crippen LogP contribution >= 0.6 is 11.6 Å². The van der Waals surface area contributed by atoms with E-state index >= 15 is 0 Å². The van der Waals surface area contributed by atoms with Crippen molar-refractivity contribution in [1.29, 1.82) is 0 Å². The molecule has 1 aliphatic heterocycles. The van der Waals surface area contributed by atoms with Gasteiger partial charge in [0.15, 0.2) is 11.6 Å². The van der Waals surface area contributed by atoms with Crippen molar-refractivity contribution in [2.24, 2.45) is 0 Å². The SMILES string of the molecule is CNCCCNC(=O)c1cncc(-c2cc(-c3cc(Cl)ccc3F)nc3c2OCCN3)c1. The van der Waals surface area contributed by atoms with Crippen LogP contribution in [0.3, 0.4) is 0 Å². The first-order valence-corrected chi connectivity index (χ1v) is 10.7. The van der Waals surface area contributed by atoms with Crippen molar-refractivity contribution in [2.75, 3.05) is 38.6 Å². The fraction of sp³-hybridized carbons (Fsp3) is 0.261. The van der Waals surface area contributed by atoms with Gasteiger partial charge in [-0.25, -0.2) is 9.37 Å². The van der Waals surface area contributed by atoms with E-state index < -0.39 is 5.82 Å². The molecule has 166 valence electrons. The second kappa shape index (κ2) is 9.93. The van der Waals surface area contributed by atoms with E-state index in [-0.39, 0.29) is 11.5 Å². The van der Waals surface area contributed by atoms with Gasteiger partial charge >= 0.3 is 0 Å². The van der Waals surface area contributed by atoms with Crippen molar-refractivity contribution < 1.29 is 13.9 Å². The minimum absolute atomic E-state index is 0.210. The average Bonchev–Trinajstić information content (AvgIpc) is 2.82. The van der Waals surface area contributed by atoms with Crippen LogP contribution in [-0.2, 0) is 0 Å². The number of carbonyl (C=O) groups excluding carboxylic acids is 1. The second-order valence-electron chi connectivity index (χ2n) is 7.31. The van der Waals surface area contributed by atoms with Crippen molar-refractivity contribution in [1.82, 2.24) is 20.6 Å². The van der Waals surface area contributed by atoms with Gasteiger partial charge in [0, 0.05) is 40.7 Å². The molecule has 7 nitrogen and oxygen atoms in total. The largest absolute Gasteiger partial charge is 0.487 e. The molecule has 0 unspecified atom stereocenters. The number of rotatable bonds is 7. The number of nitrogens with one attached hydrogen (secondary N) is 3. The molecule has 0 radical (unpaired) electrons. The number of fused-ring (bicyclic) bond motifs is 1. The zero-order valence-corrected chi connectivity index (χ0v) is 18.3. The number of ether oxygens (including phenoxy) is 1. The van der Waals surface area contributed by atoms with Crippen LogP contribution in [0, 0.1) is 5.82 Å². The smallest absolute Gasteiger partial charge is 0.252 e. The Labute approximate surface area is 190 Å². The Balaban J connectivity index is 1.73. The lowest BCUT2D eigenvalue weighted by Crippen LogP contribution is -2.26. The van der Waals surface area contributed by atoms with Gasteiger partial charge in [-0.3, -0.25) is 9.78 Å². The molecule has 0 aliphatic carbocycles. The minimum Gasteiger partial charge on any atom is -0.487 e. The molecule has 1 amide bonds. The predicted octanol–water partition coefficient (Wildman–Crippen LogP) is 3.75. The first kappa shape index (κ1) is 22.0. The van der Waals surface area contributed by atoms with Gasteiger partial charge in [-0.1, -0.05) is 11.6 Å². The quantitative estimate of drug-likeness (QED) is 0.470. The number of hydrogen-bond donors (Lipinski definition) is 3. The maximum absolute atomic E-state index is 14.5. The molecular formula is C23H23ClFN5O2. The molecule has 32 heavy (non-hydrogen) atoms. The molecule has 3 aromatic rings. The maximum atomic E-state index is 14.5. The second-order valence-corrected chi connectivity index (χ2v) is 7.74. The summed E-state index contributed by atoms with van der Waals surface area (Å²) < 4.78 is 20.4. The number of benzene rings is 1. The third-order valence-corrected chi connectivity index (χ3v) is 5.25. The molecule has 0 saturated heterocycles. The Morgan fingerprint density at radius 1 is 1.22 bits per heavy atom. The highest BCUT2D eigenvalue weighted by Gasteiger charge is 2.21. The van der Waals surface area contributed by atoms with E-state index in [1.54, 1.807) is 18.3 Å². The lowest BCUT2D eigenvalue weighted by Gasteiger charge is -2.22. The van der Waals surface area contributed by atoms with Crippen LogP contribution in [0.15, 0.2) is 42.7 Å². The molecule has 0 fully saturated rings. The normalized spacial score (nSPS) is 12.5. The number of halogens is 2. The van der Waals surface area contributed by atoms with Crippen molar-refractivity contribution in [3.05, 3.63) is 59.1 Å². The van der Waals surface area contributed by atoms with E-state index in [0.29, 0.717) is 58.7 Å². The summed E-state index contributed by atoms with van der Waals surface area (Å²) in [4.78, 5) is 21.4. The van der Waals surface area contributed by atoms with Crippen molar-refractivity contribution in [3.8, 4) is 28.1 Å². The van der Waals surface area contributed by atoms with E-state index in [4.69, 9.17) is 16.3 Å². The highest BCUT2D eigenvalue weighted by Crippen LogP contribution is 2.40. The van der Waals surface area contributed by atoms with Crippen LogP contribution in [0.1, 0.15) is 16.8 Å². The standard InChI is InChI=1S/C23H23ClFN5O2/c1-26-5-2-6-29-23(31)15-9-14(12-27-13-15)17-11-20(18-10-16(24)3-4-19(18)25)30-22-21(17)32-8-7-28-22/h3-4,9-13,26H,2,5-8H2,1H3,(H,28,30)(H,29,31). The molecule has 9 heteroatoms. The molecule has 1 aliphatic rings. The van der Waals surface area contributed by atoms with E-state index in [1.807, 2.05) is 7.05 Å². The Hall–Kier alpha value is -3.23. The first-order chi connectivity index (χ1) is 15.6. The Morgan fingerprint density at radius 3 is 2.94 bits per heavy atom. The van der Waals surface area contributed by atoms with Gasteiger partial charge in [-0.2, -0.15) is 0 Å². The Kier molecular flexibility index (Phi) is 6.82. The van der Waals surface area contributed by atoms with E-state index in [0.717, 1.165) is 13.0 Å². The number of aromatic nitrogens is 2. The van der Waals surface area contributed by atoms with Crippen molar-refractivity contribution in [2.45, 2.75) is 6.42 Å². The highest BCUT2D eigenvalue weighted by molar-refractivity contribution is 6.30. The molecule has 1 aromatic carbocycles. The first-order valence-electron chi connectivity index (χ1n) is 10.3. The average molecular weight is 456 g/mol. The zero-order valence-electron chi connectivity index (χ0n) is 17.5. The Bertz CT molecular complexity index is 1140. The molecule has 3 heterocycles. The fourth-order valence-electron chi connectivity index (χ4n) is 3.45. The maximum Gasteiger partial charge on any atom is 0.252 e. The summed E-state index contributed by atoms with van der Waals surface area (Å²) >= 11 is 6.09. The summed E-state index contributed by atoms with van der Waals surface area (Å²) in [7, 11) is 1.87. The lowest BCUT2D eigenvalue weighted by atomic mass is 10.0. The number of nitrogens with zero attached hydrogens (tertiary/aromatic N) is 2. The van der Waals surface area contributed by atoms with Crippen LogP contribution in [-0.4, -0.2) is 49.2 Å². The molecule has 3 N–H and O–H groups in total. The minimum atomic E-state index is -0.433. The molecule has 2 aromatic heterocycles. The number of hydrogen-bond acceptors (Lipinski definition) is 6. The summed E-state index contributed by atoms with van der Waals surface area (Å²) in [5.74, 6) is 0.400. The van der Waals surface area contributed by atoms with Crippen LogP contribution < -0.4 is 20.7 Å². The molecule has 0 spiro atoms. The van der Waals surface area contributed by atoms with Gasteiger partial charge in [0.05, 0.1) is 17.8 Å².